The van der Waals surface area contributed by atoms with Crippen molar-refractivity contribution in [1.82, 2.24) is 9.78 Å². The van der Waals surface area contributed by atoms with E-state index in [2.05, 4.69) is 10.4 Å². The Morgan fingerprint density at radius 1 is 1.41 bits per heavy atom. The highest BCUT2D eigenvalue weighted by Gasteiger charge is 2.15. The third-order valence-corrected chi connectivity index (χ3v) is 3.96. The minimum absolute atomic E-state index is 0.00404. The molecule has 4 nitrogen and oxygen atoms in total. The van der Waals surface area contributed by atoms with Crippen LogP contribution in [0.3, 0.4) is 0 Å². The molecule has 2 aromatic rings. The number of rotatable bonds is 6. The number of amides is 1. The van der Waals surface area contributed by atoms with Crippen LogP contribution in [0.1, 0.15) is 32.3 Å². The molecule has 2 rings (SSSR count). The minimum atomic E-state index is -0.368. The Hall–Kier alpha value is -1.88. The topological polar surface area (TPSA) is 46.9 Å². The Balaban J connectivity index is 2.04. The molecule has 0 saturated carbocycles. The van der Waals surface area contributed by atoms with Crippen molar-refractivity contribution in [3.8, 4) is 0 Å². The summed E-state index contributed by atoms with van der Waals surface area (Å²) in [6, 6.07) is 4.26. The molecule has 1 aromatic carbocycles. The Labute approximate surface area is 134 Å². The Morgan fingerprint density at radius 2 is 2.14 bits per heavy atom. The van der Waals surface area contributed by atoms with Crippen molar-refractivity contribution in [1.29, 1.82) is 0 Å². The summed E-state index contributed by atoms with van der Waals surface area (Å²) in [4.78, 5) is 12.0. The zero-order valence-corrected chi connectivity index (χ0v) is 13.4. The van der Waals surface area contributed by atoms with Crippen molar-refractivity contribution in [3.05, 3.63) is 47.0 Å². The molecule has 1 heterocycles. The molecule has 0 spiro atoms. The van der Waals surface area contributed by atoms with E-state index in [0.29, 0.717) is 17.3 Å². The van der Waals surface area contributed by atoms with Crippen LogP contribution >= 0.6 is 11.6 Å². The fourth-order valence-corrected chi connectivity index (χ4v) is 2.47. The minimum Gasteiger partial charge on any atom is -0.323 e. The molecule has 0 aliphatic rings. The number of halogens is 2. The van der Waals surface area contributed by atoms with Gasteiger partial charge in [-0.1, -0.05) is 31.5 Å². The molecule has 0 unspecified atom stereocenters. The molecule has 22 heavy (non-hydrogen) atoms. The van der Waals surface area contributed by atoms with E-state index >= 15 is 0 Å². The van der Waals surface area contributed by atoms with Gasteiger partial charge in [0.15, 0.2) is 0 Å². The van der Waals surface area contributed by atoms with Gasteiger partial charge < -0.3 is 5.32 Å². The number of anilines is 1. The van der Waals surface area contributed by atoms with Crippen LogP contribution in [0.15, 0.2) is 30.6 Å². The second-order valence-corrected chi connectivity index (χ2v) is 5.57. The first-order valence-corrected chi connectivity index (χ1v) is 7.68. The second kappa shape index (κ2) is 7.40. The van der Waals surface area contributed by atoms with Crippen molar-refractivity contribution in [2.45, 2.75) is 33.2 Å². The van der Waals surface area contributed by atoms with Crippen LogP contribution in [0.25, 0.3) is 0 Å². The molecule has 0 bridgehead atoms. The van der Waals surface area contributed by atoms with Crippen LogP contribution in [0.4, 0.5) is 10.1 Å². The van der Waals surface area contributed by atoms with Crippen molar-refractivity contribution in [2.75, 3.05) is 5.32 Å². The zero-order valence-electron chi connectivity index (χ0n) is 12.6. The number of hydrogen-bond acceptors (Lipinski definition) is 2. The smallest absolute Gasteiger partial charge is 0.227 e. The van der Waals surface area contributed by atoms with E-state index < -0.39 is 0 Å². The number of carbonyl (C=O) groups excluding carboxylic acids is 1. The SMILES string of the molecule is CCC(CC)C(=O)Nc1cnn(Cc2ccc(F)cc2Cl)c1. The van der Waals surface area contributed by atoms with Crippen molar-refractivity contribution >= 4 is 23.2 Å². The first kappa shape index (κ1) is 16.5. The zero-order chi connectivity index (χ0) is 16.1. The first-order chi connectivity index (χ1) is 10.5. The molecule has 0 atom stereocenters. The average Bonchev–Trinajstić information content (AvgIpc) is 2.90. The van der Waals surface area contributed by atoms with Gasteiger partial charge in [0.1, 0.15) is 5.82 Å². The van der Waals surface area contributed by atoms with E-state index in [1.54, 1.807) is 23.1 Å². The molecule has 0 aliphatic heterocycles. The maximum Gasteiger partial charge on any atom is 0.227 e. The van der Waals surface area contributed by atoms with Crippen LogP contribution in [-0.4, -0.2) is 15.7 Å². The van der Waals surface area contributed by atoms with Crippen LogP contribution in [0.2, 0.25) is 5.02 Å². The number of hydrogen-bond donors (Lipinski definition) is 1. The number of nitrogens with zero attached hydrogens (tertiary/aromatic N) is 2. The molecular weight excluding hydrogens is 305 g/mol. The summed E-state index contributed by atoms with van der Waals surface area (Å²) >= 11 is 6.00. The highest BCUT2D eigenvalue weighted by Crippen LogP contribution is 2.19. The quantitative estimate of drug-likeness (QED) is 0.870. The highest BCUT2D eigenvalue weighted by atomic mass is 35.5. The van der Waals surface area contributed by atoms with E-state index in [4.69, 9.17) is 11.6 Å². The van der Waals surface area contributed by atoms with E-state index in [-0.39, 0.29) is 17.6 Å². The summed E-state index contributed by atoms with van der Waals surface area (Å²) in [6.45, 7) is 4.40. The lowest BCUT2D eigenvalue weighted by Crippen LogP contribution is -2.21. The van der Waals surface area contributed by atoms with Gasteiger partial charge in [-0.3, -0.25) is 9.48 Å². The van der Waals surface area contributed by atoms with Gasteiger partial charge in [-0.15, -0.1) is 0 Å². The summed E-state index contributed by atoms with van der Waals surface area (Å²) in [5.74, 6) is -0.355. The fourth-order valence-electron chi connectivity index (χ4n) is 2.24. The molecule has 0 radical (unpaired) electrons. The Bertz CT molecular complexity index is 653. The lowest BCUT2D eigenvalue weighted by Gasteiger charge is -2.11. The standard InChI is InChI=1S/C16H19ClFN3O/c1-3-11(4-2)16(22)20-14-8-19-21(10-14)9-12-5-6-13(18)7-15(12)17/h5-8,10-11H,3-4,9H2,1-2H3,(H,20,22). The van der Waals surface area contributed by atoms with Gasteiger partial charge >= 0.3 is 0 Å². The maximum absolute atomic E-state index is 13.0. The normalized spacial score (nSPS) is 11.0. The summed E-state index contributed by atoms with van der Waals surface area (Å²) in [5, 5.41) is 7.41. The molecule has 0 saturated heterocycles. The van der Waals surface area contributed by atoms with Crippen LogP contribution in [0.5, 0.6) is 0 Å². The summed E-state index contributed by atoms with van der Waals surface area (Å²) in [5.41, 5.74) is 1.42. The molecule has 6 heteroatoms. The Kier molecular flexibility index (Phi) is 5.55. The largest absolute Gasteiger partial charge is 0.323 e. The molecule has 0 fully saturated rings. The van der Waals surface area contributed by atoms with Crippen molar-refractivity contribution in [2.24, 2.45) is 5.92 Å². The fraction of sp³-hybridized carbons (Fsp3) is 0.375. The number of aromatic nitrogens is 2. The monoisotopic (exact) mass is 323 g/mol. The Morgan fingerprint density at radius 3 is 2.77 bits per heavy atom. The number of carbonyl (C=O) groups is 1. The van der Waals surface area contributed by atoms with E-state index in [0.717, 1.165) is 18.4 Å². The van der Waals surface area contributed by atoms with Crippen molar-refractivity contribution in [3.63, 3.8) is 0 Å². The van der Waals surface area contributed by atoms with Gasteiger partial charge in [0, 0.05) is 17.1 Å². The third kappa shape index (κ3) is 4.07. The lowest BCUT2D eigenvalue weighted by atomic mass is 10.0. The first-order valence-electron chi connectivity index (χ1n) is 7.30. The van der Waals surface area contributed by atoms with Gasteiger partial charge in [-0.05, 0) is 30.5 Å². The number of nitrogens with one attached hydrogen (secondary N) is 1. The molecule has 0 aliphatic carbocycles. The van der Waals surface area contributed by atoms with Crippen LogP contribution < -0.4 is 5.32 Å². The molecular formula is C16H19ClFN3O. The summed E-state index contributed by atoms with van der Waals surface area (Å²) in [7, 11) is 0. The summed E-state index contributed by atoms with van der Waals surface area (Å²) in [6.07, 6.45) is 4.95. The molecule has 1 aromatic heterocycles. The van der Waals surface area contributed by atoms with Crippen LogP contribution in [-0.2, 0) is 11.3 Å². The molecule has 1 amide bonds. The number of benzene rings is 1. The maximum atomic E-state index is 13.0. The highest BCUT2D eigenvalue weighted by molar-refractivity contribution is 6.31. The third-order valence-electron chi connectivity index (χ3n) is 3.60. The lowest BCUT2D eigenvalue weighted by molar-refractivity contribution is -0.120. The predicted molar refractivity (Wildman–Crippen MR) is 85.4 cm³/mol. The van der Waals surface area contributed by atoms with E-state index in [1.165, 1.54) is 12.1 Å². The van der Waals surface area contributed by atoms with Crippen molar-refractivity contribution < 1.29 is 9.18 Å². The van der Waals surface area contributed by atoms with Gasteiger partial charge in [-0.25, -0.2) is 4.39 Å². The van der Waals surface area contributed by atoms with E-state index in [9.17, 15) is 9.18 Å². The van der Waals surface area contributed by atoms with Gasteiger partial charge in [-0.2, -0.15) is 5.10 Å². The van der Waals surface area contributed by atoms with Crippen LogP contribution in [0, 0.1) is 11.7 Å². The van der Waals surface area contributed by atoms with Gasteiger partial charge in [0.2, 0.25) is 5.91 Å². The average molecular weight is 324 g/mol. The molecule has 1 N–H and O–H groups in total. The second-order valence-electron chi connectivity index (χ2n) is 5.16. The van der Waals surface area contributed by atoms with E-state index in [1.807, 2.05) is 13.8 Å². The van der Waals surface area contributed by atoms with Gasteiger partial charge in [0.25, 0.3) is 0 Å². The molecule has 118 valence electrons. The summed E-state index contributed by atoms with van der Waals surface area (Å²) < 4.78 is 14.7. The predicted octanol–water partition coefficient (Wildman–Crippen LogP) is 4.10. The van der Waals surface area contributed by atoms with Gasteiger partial charge in [0.05, 0.1) is 18.4 Å².